The van der Waals surface area contributed by atoms with Crippen molar-refractivity contribution >= 4 is 23.4 Å². The minimum atomic E-state index is -0.0186. The quantitative estimate of drug-likeness (QED) is 0.494. The van der Waals surface area contributed by atoms with Crippen LogP contribution in [0.1, 0.15) is 42.7 Å². The Morgan fingerprint density at radius 1 is 1.03 bits per heavy atom. The van der Waals surface area contributed by atoms with Crippen molar-refractivity contribution in [2.45, 2.75) is 45.3 Å². The molecule has 2 aliphatic heterocycles. The number of hydrogen-bond acceptors (Lipinski definition) is 6. The molecule has 1 N–H and O–H groups in total. The number of aromatic nitrogens is 2. The zero-order chi connectivity index (χ0) is 24.9. The Kier molecular flexibility index (Phi) is 7.63. The highest BCUT2D eigenvalue weighted by molar-refractivity contribution is 6.33. The van der Waals surface area contributed by atoms with Crippen LogP contribution < -0.4 is 5.32 Å². The summed E-state index contributed by atoms with van der Waals surface area (Å²) in [5.41, 5.74) is 2.91. The molecule has 2 aliphatic rings. The Hall–Kier alpha value is -3.23. The first-order chi connectivity index (χ1) is 17.6. The summed E-state index contributed by atoms with van der Waals surface area (Å²) < 4.78 is 5.44. The molecule has 3 aromatic rings. The summed E-state index contributed by atoms with van der Waals surface area (Å²) in [6.07, 6.45) is 3.11. The Balaban J connectivity index is 1.10. The zero-order valence-electron chi connectivity index (χ0n) is 20.2. The van der Waals surface area contributed by atoms with Crippen LogP contribution in [0.15, 0.2) is 53.1 Å². The average molecular weight is 508 g/mol. The number of benzene rings is 2. The molecule has 2 saturated heterocycles. The van der Waals surface area contributed by atoms with Gasteiger partial charge in [-0.1, -0.05) is 53.2 Å². The standard InChI is InChI=1S/C27H30ClN5O3/c28-23-9-4-3-8-22(23)26-30-24(36-31-26)18-32-14-11-19(12-15-32)27(35)29-16-20-6-1-2-7-21(20)17-33-13-5-10-25(33)34/h1-4,6-9,19H,5,10-18H2,(H,29,35). The minimum Gasteiger partial charge on any atom is -0.352 e. The fraction of sp³-hybridized carbons (Fsp3) is 0.407. The van der Waals surface area contributed by atoms with E-state index in [-0.39, 0.29) is 17.7 Å². The van der Waals surface area contributed by atoms with Gasteiger partial charge < -0.3 is 14.7 Å². The van der Waals surface area contributed by atoms with Gasteiger partial charge in [0.1, 0.15) is 0 Å². The van der Waals surface area contributed by atoms with Gasteiger partial charge in [0.2, 0.25) is 23.5 Å². The molecule has 2 amide bonds. The van der Waals surface area contributed by atoms with Crippen LogP contribution in [0.3, 0.4) is 0 Å². The summed E-state index contributed by atoms with van der Waals surface area (Å²) in [6, 6.07) is 15.5. The van der Waals surface area contributed by atoms with E-state index in [1.54, 1.807) is 6.07 Å². The molecule has 188 valence electrons. The van der Waals surface area contributed by atoms with Gasteiger partial charge in [0, 0.05) is 37.5 Å². The van der Waals surface area contributed by atoms with Crippen molar-refractivity contribution in [3.63, 3.8) is 0 Å². The lowest BCUT2D eigenvalue weighted by Crippen LogP contribution is -2.40. The van der Waals surface area contributed by atoms with E-state index in [2.05, 4.69) is 20.4 Å². The van der Waals surface area contributed by atoms with Crippen LogP contribution in [0.4, 0.5) is 0 Å². The van der Waals surface area contributed by atoms with Gasteiger partial charge in [0.05, 0.1) is 11.6 Å². The van der Waals surface area contributed by atoms with Crippen LogP contribution in [0.25, 0.3) is 11.4 Å². The van der Waals surface area contributed by atoms with Crippen LogP contribution in [0.2, 0.25) is 5.02 Å². The molecule has 2 aromatic carbocycles. The lowest BCUT2D eigenvalue weighted by atomic mass is 9.95. The number of halogens is 1. The smallest absolute Gasteiger partial charge is 0.241 e. The van der Waals surface area contributed by atoms with Gasteiger partial charge in [0.15, 0.2) is 0 Å². The first-order valence-electron chi connectivity index (χ1n) is 12.5. The Morgan fingerprint density at radius 3 is 2.53 bits per heavy atom. The third-order valence-electron chi connectivity index (χ3n) is 7.00. The third kappa shape index (κ3) is 5.77. The first kappa shape index (κ1) is 24.5. The third-order valence-corrected chi connectivity index (χ3v) is 7.33. The molecule has 2 fully saturated rings. The van der Waals surface area contributed by atoms with E-state index in [1.165, 1.54) is 0 Å². The van der Waals surface area contributed by atoms with E-state index < -0.39 is 0 Å². The Bertz CT molecular complexity index is 1220. The van der Waals surface area contributed by atoms with Crippen LogP contribution in [0.5, 0.6) is 0 Å². The molecule has 0 radical (unpaired) electrons. The molecule has 8 nitrogen and oxygen atoms in total. The summed E-state index contributed by atoms with van der Waals surface area (Å²) in [5.74, 6) is 1.30. The second-order valence-corrected chi connectivity index (χ2v) is 9.85. The molecule has 36 heavy (non-hydrogen) atoms. The van der Waals surface area contributed by atoms with E-state index in [0.717, 1.165) is 55.6 Å². The predicted molar refractivity (Wildman–Crippen MR) is 136 cm³/mol. The summed E-state index contributed by atoms with van der Waals surface area (Å²) in [5, 5.41) is 7.78. The topological polar surface area (TPSA) is 91.6 Å². The summed E-state index contributed by atoms with van der Waals surface area (Å²) in [6.45, 7) is 4.02. The number of piperidine rings is 1. The van der Waals surface area contributed by atoms with Crippen molar-refractivity contribution < 1.29 is 14.1 Å². The first-order valence-corrected chi connectivity index (χ1v) is 12.9. The number of rotatable bonds is 8. The number of amides is 2. The lowest BCUT2D eigenvalue weighted by molar-refractivity contribution is -0.128. The van der Waals surface area contributed by atoms with Gasteiger partial charge in [0.25, 0.3) is 0 Å². The molecule has 0 atom stereocenters. The fourth-order valence-electron chi connectivity index (χ4n) is 4.90. The van der Waals surface area contributed by atoms with Crippen LogP contribution in [-0.4, -0.2) is 51.4 Å². The van der Waals surface area contributed by atoms with E-state index >= 15 is 0 Å². The number of hydrogen-bond donors (Lipinski definition) is 1. The second-order valence-electron chi connectivity index (χ2n) is 9.45. The molecule has 0 unspecified atom stereocenters. The summed E-state index contributed by atoms with van der Waals surface area (Å²) >= 11 is 6.24. The van der Waals surface area contributed by atoms with Crippen molar-refractivity contribution in [1.82, 2.24) is 25.3 Å². The van der Waals surface area contributed by atoms with Gasteiger partial charge in [-0.05, 0) is 55.6 Å². The average Bonchev–Trinajstić information content (AvgIpc) is 3.53. The Morgan fingerprint density at radius 2 is 1.78 bits per heavy atom. The van der Waals surface area contributed by atoms with E-state index in [1.807, 2.05) is 47.4 Å². The fourth-order valence-corrected chi connectivity index (χ4v) is 5.12. The van der Waals surface area contributed by atoms with Crippen LogP contribution in [-0.2, 0) is 29.2 Å². The van der Waals surface area contributed by atoms with E-state index in [4.69, 9.17) is 16.1 Å². The van der Waals surface area contributed by atoms with Gasteiger partial charge in [-0.25, -0.2) is 0 Å². The van der Waals surface area contributed by atoms with Crippen molar-refractivity contribution in [3.8, 4) is 11.4 Å². The maximum atomic E-state index is 12.9. The highest BCUT2D eigenvalue weighted by Gasteiger charge is 2.26. The molecule has 0 saturated carbocycles. The number of nitrogens with zero attached hydrogens (tertiary/aromatic N) is 4. The highest BCUT2D eigenvalue weighted by Crippen LogP contribution is 2.26. The molecule has 0 aliphatic carbocycles. The van der Waals surface area contributed by atoms with Gasteiger partial charge in [-0.15, -0.1) is 0 Å². The number of carbonyl (C=O) groups is 2. The van der Waals surface area contributed by atoms with Gasteiger partial charge in [-0.3, -0.25) is 14.5 Å². The molecule has 0 spiro atoms. The van der Waals surface area contributed by atoms with E-state index in [0.29, 0.717) is 42.8 Å². The predicted octanol–water partition coefficient (Wildman–Crippen LogP) is 4.04. The maximum Gasteiger partial charge on any atom is 0.241 e. The molecule has 1 aromatic heterocycles. The molecule has 9 heteroatoms. The zero-order valence-corrected chi connectivity index (χ0v) is 20.9. The number of likely N-dealkylation sites (tertiary alicyclic amines) is 2. The highest BCUT2D eigenvalue weighted by atomic mass is 35.5. The number of nitrogens with one attached hydrogen (secondary N) is 1. The second kappa shape index (κ2) is 11.2. The van der Waals surface area contributed by atoms with Crippen molar-refractivity contribution in [3.05, 3.63) is 70.6 Å². The largest absolute Gasteiger partial charge is 0.352 e. The van der Waals surface area contributed by atoms with Crippen molar-refractivity contribution in [2.24, 2.45) is 5.92 Å². The van der Waals surface area contributed by atoms with Crippen molar-refractivity contribution in [2.75, 3.05) is 19.6 Å². The molecule has 0 bridgehead atoms. The maximum absolute atomic E-state index is 12.9. The molecule has 3 heterocycles. The van der Waals surface area contributed by atoms with Gasteiger partial charge >= 0.3 is 0 Å². The molecular formula is C27H30ClN5O3. The van der Waals surface area contributed by atoms with Gasteiger partial charge in [-0.2, -0.15) is 4.98 Å². The van der Waals surface area contributed by atoms with E-state index in [9.17, 15) is 9.59 Å². The van der Waals surface area contributed by atoms with Crippen LogP contribution in [0, 0.1) is 5.92 Å². The number of carbonyl (C=O) groups excluding carboxylic acids is 2. The monoisotopic (exact) mass is 507 g/mol. The Labute approximate surface area is 215 Å². The van der Waals surface area contributed by atoms with Crippen LogP contribution >= 0.6 is 11.6 Å². The molecular weight excluding hydrogens is 478 g/mol. The van der Waals surface area contributed by atoms with Crippen molar-refractivity contribution in [1.29, 1.82) is 0 Å². The summed E-state index contributed by atoms with van der Waals surface area (Å²) in [4.78, 5) is 33.5. The molecule has 5 rings (SSSR count). The lowest BCUT2D eigenvalue weighted by Gasteiger charge is -2.30. The minimum absolute atomic E-state index is 0.0186. The normalized spacial score (nSPS) is 17.0. The summed E-state index contributed by atoms with van der Waals surface area (Å²) in [7, 11) is 0. The SMILES string of the molecule is O=C(NCc1ccccc1CN1CCCC1=O)C1CCN(Cc2nc(-c3ccccc3Cl)no2)CC1.